The minimum atomic E-state index is -1.08. The van der Waals surface area contributed by atoms with Gasteiger partial charge in [0.15, 0.2) is 0 Å². The van der Waals surface area contributed by atoms with Gasteiger partial charge in [0, 0.05) is 30.8 Å². The zero-order valence-corrected chi connectivity index (χ0v) is 23.2. The number of aryl methyl sites for hydroxylation is 2. The van der Waals surface area contributed by atoms with Crippen LogP contribution in [0.5, 0.6) is 0 Å². The molecule has 1 aromatic carbocycles. The number of methoxy groups -OCH3 is 1. The van der Waals surface area contributed by atoms with Crippen molar-refractivity contribution in [2.24, 2.45) is 0 Å². The number of nitrogens with zero attached hydrogens (tertiary/aromatic N) is 8. The van der Waals surface area contributed by atoms with E-state index in [4.69, 9.17) is 4.74 Å². The molecule has 1 atom stereocenters. The number of aliphatic hydroxyl groups is 1. The molecule has 1 fully saturated rings. The van der Waals surface area contributed by atoms with Crippen molar-refractivity contribution in [2.75, 3.05) is 19.0 Å². The monoisotopic (exact) mass is 559 g/mol. The van der Waals surface area contributed by atoms with Crippen LogP contribution in [0.1, 0.15) is 47.4 Å². The number of hydrogen-bond acceptors (Lipinski definition) is 8. The van der Waals surface area contributed by atoms with E-state index < -0.39 is 17.3 Å². The van der Waals surface area contributed by atoms with E-state index in [1.807, 2.05) is 25.3 Å². The normalized spacial score (nSPS) is 14.9. The van der Waals surface area contributed by atoms with E-state index in [-0.39, 0.29) is 30.6 Å². The molecule has 5 aromatic rings. The molecule has 1 aliphatic rings. The molecule has 12 nitrogen and oxygen atoms in total. The van der Waals surface area contributed by atoms with E-state index in [0.717, 1.165) is 29.7 Å². The summed E-state index contributed by atoms with van der Waals surface area (Å²) < 4.78 is 23.3. The molecule has 1 saturated carbocycles. The summed E-state index contributed by atoms with van der Waals surface area (Å²) in [6.45, 7) is 5.73. The lowest BCUT2D eigenvalue weighted by Crippen LogP contribution is -2.35. The van der Waals surface area contributed by atoms with Gasteiger partial charge in [-0.15, -0.1) is 10.2 Å². The minimum absolute atomic E-state index is 0.164. The van der Waals surface area contributed by atoms with Crippen LogP contribution in [-0.4, -0.2) is 69.9 Å². The fraction of sp³-hybridized carbons (Fsp3) is 0.357. The van der Waals surface area contributed by atoms with Crippen molar-refractivity contribution in [1.82, 2.24) is 39.6 Å². The summed E-state index contributed by atoms with van der Waals surface area (Å²) in [5.41, 5.74) is 3.49. The van der Waals surface area contributed by atoms with Gasteiger partial charge in [-0.05, 0) is 74.2 Å². The van der Waals surface area contributed by atoms with Gasteiger partial charge in [-0.25, -0.2) is 8.91 Å². The number of benzene rings is 1. The number of nitrogens with one attached hydrogen (secondary N) is 1. The predicted octanol–water partition coefficient (Wildman–Crippen LogP) is 3.59. The summed E-state index contributed by atoms with van der Waals surface area (Å²) in [7, 11) is 1.54. The Hall–Kier alpha value is -4.49. The zero-order chi connectivity index (χ0) is 28.9. The lowest BCUT2D eigenvalue weighted by molar-refractivity contribution is -0.0308. The van der Waals surface area contributed by atoms with Crippen LogP contribution in [0.3, 0.4) is 0 Å². The van der Waals surface area contributed by atoms with E-state index in [9.17, 15) is 14.3 Å². The van der Waals surface area contributed by atoms with E-state index >= 15 is 0 Å². The summed E-state index contributed by atoms with van der Waals surface area (Å²) in [6.07, 6.45) is 7.09. The molecule has 41 heavy (non-hydrogen) atoms. The molecule has 1 amide bonds. The van der Waals surface area contributed by atoms with Gasteiger partial charge < -0.3 is 15.2 Å². The van der Waals surface area contributed by atoms with Crippen LogP contribution in [0, 0.1) is 19.7 Å². The first-order chi connectivity index (χ1) is 19.6. The highest BCUT2D eigenvalue weighted by molar-refractivity contribution is 6.09. The minimum Gasteiger partial charge on any atom is -0.386 e. The van der Waals surface area contributed by atoms with Crippen molar-refractivity contribution in [3.8, 4) is 22.5 Å². The molecular formula is C28H30FN9O3. The largest absolute Gasteiger partial charge is 0.386 e. The highest BCUT2D eigenvalue weighted by Gasteiger charge is 2.27. The SMILES string of the molecule is COC[C@](C)(O)Cn1cc(-c2ccn3ncc(C(=O)Nc4cc(-c5nnn(C6CC6)n5)c(F)cc4C)c3c2)c(C)n1. The van der Waals surface area contributed by atoms with Crippen molar-refractivity contribution in [2.45, 2.75) is 51.8 Å². The molecular weight excluding hydrogens is 529 g/mol. The number of pyridine rings is 1. The van der Waals surface area contributed by atoms with Crippen LogP contribution in [0.2, 0.25) is 0 Å². The number of tetrazole rings is 1. The third kappa shape index (κ3) is 5.33. The quantitative estimate of drug-likeness (QED) is 0.280. The second-order valence-electron chi connectivity index (χ2n) is 10.8. The van der Waals surface area contributed by atoms with Crippen molar-refractivity contribution in [3.63, 3.8) is 0 Å². The first kappa shape index (κ1) is 26.7. The molecule has 4 heterocycles. The number of anilines is 1. The number of halogens is 1. The molecule has 0 spiro atoms. The van der Waals surface area contributed by atoms with Gasteiger partial charge in [-0.2, -0.15) is 15.0 Å². The van der Waals surface area contributed by atoms with Gasteiger partial charge >= 0.3 is 0 Å². The van der Waals surface area contributed by atoms with Crippen LogP contribution in [0.4, 0.5) is 10.1 Å². The number of carbonyl (C=O) groups is 1. The molecule has 6 rings (SSSR count). The standard InChI is InChI=1S/C28H30FN9O3/c1-16-9-23(29)20(26-32-35-38(34-26)19-5-6-19)11-24(16)31-27(39)21-12-30-37-8-7-18(10-25(21)37)22-13-36(33-17(22)2)14-28(3,40)15-41-4/h7-13,19,40H,5-6,14-15H2,1-4H3,(H,31,39)/t28-/m1/s1. The zero-order valence-electron chi connectivity index (χ0n) is 23.2. The number of ether oxygens (including phenoxy) is 1. The van der Waals surface area contributed by atoms with Crippen LogP contribution >= 0.6 is 0 Å². The van der Waals surface area contributed by atoms with Gasteiger partial charge in [0.2, 0.25) is 5.82 Å². The number of hydrogen-bond donors (Lipinski definition) is 2. The third-order valence-electron chi connectivity index (χ3n) is 7.09. The smallest absolute Gasteiger partial charge is 0.259 e. The lowest BCUT2D eigenvalue weighted by atomic mass is 10.1. The molecule has 0 radical (unpaired) electrons. The van der Waals surface area contributed by atoms with Crippen molar-refractivity contribution >= 4 is 17.1 Å². The Labute approximate surface area is 234 Å². The fourth-order valence-electron chi connectivity index (χ4n) is 4.87. The molecule has 0 bridgehead atoms. The highest BCUT2D eigenvalue weighted by Crippen LogP contribution is 2.34. The third-order valence-corrected chi connectivity index (χ3v) is 7.09. The van der Waals surface area contributed by atoms with Gasteiger partial charge in [0.1, 0.15) is 11.4 Å². The second kappa shape index (κ2) is 10.2. The molecule has 0 unspecified atom stereocenters. The van der Waals surface area contributed by atoms with Crippen LogP contribution in [-0.2, 0) is 11.3 Å². The number of fused-ring (bicyclic) bond motifs is 1. The number of aromatic nitrogens is 8. The Balaban J connectivity index is 1.28. The van der Waals surface area contributed by atoms with E-state index in [2.05, 4.69) is 30.9 Å². The van der Waals surface area contributed by atoms with E-state index in [1.165, 1.54) is 30.2 Å². The first-order valence-electron chi connectivity index (χ1n) is 13.3. The van der Waals surface area contributed by atoms with Crippen molar-refractivity contribution in [3.05, 3.63) is 65.5 Å². The maximum atomic E-state index is 14.9. The second-order valence-corrected chi connectivity index (χ2v) is 10.8. The molecule has 4 aromatic heterocycles. The van der Waals surface area contributed by atoms with E-state index in [1.54, 1.807) is 29.2 Å². The molecule has 0 aliphatic heterocycles. The Kier molecular flexibility index (Phi) is 6.62. The van der Waals surface area contributed by atoms with Gasteiger partial charge in [-0.1, -0.05) is 0 Å². The Morgan fingerprint density at radius 3 is 2.78 bits per heavy atom. The van der Waals surface area contributed by atoms with Gasteiger partial charge in [-0.3, -0.25) is 9.48 Å². The fourth-order valence-corrected chi connectivity index (χ4v) is 4.87. The molecule has 212 valence electrons. The number of amides is 1. The first-order valence-corrected chi connectivity index (χ1v) is 13.3. The maximum Gasteiger partial charge on any atom is 0.259 e. The average Bonchev–Trinajstić information content (AvgIpc) is 3.32. The number of carbonyl (C=O) groups excluding carboxylic acids is 1. The highest BCUT2D eigenvalue weighted by atomic mass is 19.1. The topological polar surface area (TPSA) is 137 Å². The van der Waals surface area contributed by atoms with Gasteiger partial charge in [0.05, 0.1) is 47.7 Å². The molecule has 2 N–H and O–H groups in total. The number of rotatable bonds is 9. The van der Waals surface area contributed by atoms with Crippen LogP contribution < -0.4 is 5.32 Å². The van der Waals surface area contributed by atoms with Crippen LogP contribution in [0.15, 0.2) is 42.9 Å². The molecule has 13 heteroatoms. The summed E-state index contributed by atoms with van der Waals surface area (Å²) in [5.74, 6) is -0.711. The Morgan fingerprint density at radius 2 is 2.02 bits per heavy atom. The summed E-state index contributed by atoms with van der Waals surface area (Å²) in [6, 6.07) is 6.85. The van der Waals surface area contributed by atoms with Crippen molar-refractivity contribution in [1.29, 1.82) is 0 Å². The van der Waals surface area contributed by atoms with Crippen LogP contribution in [0.25, 0.3) is 28.0 Å². The molecule has 1 aliphatic carbocycles. The van der Waals surface area contributed by atoms with E-state index in [0.29, 0.717) is 22.3 Å². The summed E-state index contributed by atoms with van der Waals surface area (Å²) in [4.78, 5) is 15.0. The summed E-state index contributed by atoms with van der Waals surface area (Å²) in [5, 5.41) is 34.7. The predicted molar refractivity (Wildman–Crippen MR) is 148 cm³/mol. The summed E-state index contributed by atoms with van der Waals surface area (Å²) >= 11 is 0. The van der Waals surface area contributed by atoms with Gasteiger partial charge in [0.25, 0.3) is 5.91 Å². The maximum absolute atomic E-state index is 14.9. The Morgan fingerprint density at radius 1 is 1.22 bits per heavy atom. The molecule has 0 saturated heterocycles. The lowest BCUT2D eigenvalue weighted by Gasteiger charge is -2.21. The van der Waals surface area contributed by atoms with Crippen molar-refractivity contribution < 1.29 is 19.0 Å². The average molecular weight is 560 g/mol. The Bertz CT molecular complexity index is 1770.